The van der Waals surface area contributed by atoms with Gasteiger partial charge in [0.15, 0.2) is 5.82 Å². The van der Waals surface area contributed by atoms with Crippen molar-refractivity contribution < 1.29 is 0 Å². The fourth-order valence-electron chi connectivity index (χ4n) is 2.73. The Balaban J connectivity index is 1.92. The molecule has 0 unspecified atom stereocenters. The summed E-state index contributed by atoms with van der Waals surface area (Å²) in [5.74, 6) is 0.992. The van der Waals surface area contributed by atoms with Crippen molar-refractivity contribution in [3.8, 4) is 0 Å². The van der Waals surface area contributed by atoms with Crippen LogP contribution in [0, 0.1) is 0 Å². The summed E-state index contributed by atoms with van der Waals surface area (Å²) in [6, 6.07) is 12.0. The van der Waals surface area contributed by atoms with Crippen LogP contribution in [0.5, 0.6) is 0 Å². The summed E-state index contributed by atoms with van der Waals surface area (Å²) in [5.41, 5.74) is 3.93. The monoisotopic (exact) mass is 354 g/mol. The van der Waals surface area contributed by atoms with E-state index in [0.717, 1.165) is 29.3 Å². The van der Waals surface area contributed by atoms with Crippen molar-refractivity contribution in [2.24, 2.45) is 10.2 Å². The van der Waals surface area contributed by atoms with Crippen LogP contribution in [0.25, 0.3) is 5.65 Å². The number of unbranched alkanes of at least 4 members (excludes halogenated alkanes) is 1. The third-order valence-electron chi connectivity index (χ3n) is 4.15. The van der Waals surface area contributed by atoms with Crippen LogP contribution in [-0.4, -0.2) is 9.38 Å². The smallest absolute Gasteiger partial charge is 0.183 e. The van der Waals surface area contributed by atoms with Gasteiger partial charge in [-0.05, 0) is 48.6 Å². The number of imidazole rings is 1. The lowest BCUT2D eigenvalue weighted by Gasteiger charge is -2.02. The molecule has 2 aromatic heterocycles. The number of halogens is 1. The molecule has 4 nitrogen and oxygen atoms in total. The summed E-state index contributed by atoms with van der Waals surface area (Å²) >= 11 is 6.13. The number of pyridine rings is 1. The van der Waals surface area contributed by atoms with Gasteiger partial charge in [-0.1, -0.05) is 50.9 Å². The maximum atomic E-state index is 6.13. The predicted octanol–water partition coefficient (Wildman–Crippen LogP) is 6.87. The number of benzene rings is 1. The van der Waals surface area contributed by atoms with Gasteiger partial charge in [-0.15, -0.1) is 10.2 Å². The highest BCUT2D eigenvalue weighted by Gasteiger charge is 2.15. The topological polar surface area (TPSA) is 42.0 Å². The quantitative estimate of drug-likeness (QED) is 0.445. The first-order valence-corrected chi connectivity index (χ1v) is 9.14. The van der Waals surface area contributed by atoms with Crippen molar-refractivity contribution in [1.82, 2.24) is 9.38 Å². The van der Waals surface area contributed by atoms with Crippen LogP contribution in [-0.2, 0) is 6.42 Å². The van der Waals surface area contributed by atoms with E-state index in [9.17, 15) is 0 Å². The zero-order chi connectivity index (χ0) is 17.8. The van der Waals surface area contributed by atoms with E-state index < -0.39 is 0 Å². The molecule has 25 heavy (non-hydrogen) atoms. The second-order valence-electron chi connectivity index (χ2n) is 6.52. The van der Waals surface area contributed by atoms with Gasteiger partial charge in [0.2, 0.25) is 0 Å². The number of nitrogens with zero attached hydrogens (tertiary/aromatic N) is 4. The third-order valence-corrected chi connectivity index (χ3v) is 4.37. The first-order valence-electron chi connectivity index (χ1n) is 8.76. The van der Waals surface area contributed by atoms with Gasteiger partial charge in [-0.25, -0.2) is 4.98 Å². The summed E-state index contributed by atoms with van der Waals surface area (Å²) in [5, 5.41) is 9.55. The Morgan fingerprint density at radius 1 is 1.08 bits per heavy atom. The summed E-state index contributed by atoms with van der Waals surface area (Å²) in [6.45, 7) is 6.41. The van der Waals surface area contributed by atoms with Crippen molar-refractivity contribution >= 4 is 28.8 Å². The van der Waals surface area contributed by atoms with Gasteiger partial charge >= 0.3 is 0 Å². The molecule has 2 heterocycles. The van der Waals surface area contributed by atoms with Gasteiger partial charge in [0.25, 0.3) is 0 Å². The Hall–Kier alpha value is -2.20. The molecular formula is C20H23ClN4. The predicted molar refractivity (Wildman–Crippen MR) is 104 cm³/mol. The average molecular weight is 355 g/mol. The van der Waals surface area contributed by atoms with Crippen LogP contribution >= 0.6 is 11.6 Å². The van der Waals surface area contributed by atoms with E-state index in [1.165, 1.54) is 18.4 Å². The van der Waals surface area contributed by atoms with Crippen LogP contribution in [0.15, 0.2) is 52.8 Å². The SMILES string of the molecule is CCCCc1ccc(N=Nc2c(C(C)C)nc3ccc(Cl)cn23)cc1. The van der Waals surface area contributed by atoms with E-state index in [4.69, 9.17) is 11.6 Å². The lowest BCUT2D eigenvalue weighted by Crippen LogP contribution is -1.87. The molecule has 0 spiro atoms. The molecule has 0 radical (unpaired) electrons. The molecule has 0 aliphatic rings. The van der Waals surface area contributed by atoms with Crippen molar-refractivity contribution in [3.05, 3.63) is 58.9 Å². The molecule has 1 aromatic carbocycles. The summed E-state index contributed by atoms with van der Waals surface area (Å²) in [6.07, 6.45) is 5.35. The van der Waals surface area contributed by atoms with Crippen LogP contribution in [0.3, 0.4) is 0 Å². The Bertz CT molecular complexity index is 879. The molecule has 0 aliphatic carbocycles. The zero-order valence-corrected chi connectivity index (χ0v) is 15.7. The molecule has 3 rings (SSSR count). The van der Waals surface area contributed by atoms with Crippen LogP contribution in [0.4, 0.5) is 11.5 Å². The number of fused-ring (bicyclic) bond motifs is 1. The minimum Gasteiger partial charge on any atom is -0.281 e. The molecule has 0 aliphatic heterocycles. The fourth-order valence-corrected chi connectivity index (χ4v) is 2.89. The molecule has 0 saturated heterocycles. The summed E-state index contributed by atoms with van der Waals surface area (Å²) in [4.78, 5) is 4.66. The van der Waals surface area contributed by atoms with E-state index in [1.54, 1.807) is 0 Å². The molecule has 5 heteroatoms. The first kappa shape index (κ1) is 17.6. The van der Waals surface area contributed by atoms with Gasteiger partial charge < -0.3 is 0 Å². The van der Waals surface area contributed by atoms with Crippen molar-refractivity contribution in [1.29, 1.82) is 0 Å². The fraction of sp³-hybridized carbons (Fsp3) is 0.350. The Morgan fingerprint density at radius 2 is 1.84 bits per heavy atom. The van der Waals surface area contributed by atoms with Gasteiger partial charge in [-0.3, -0.25) is 4.40 Å². The number of aromatic nitrogens is 2. The molecule has 0 N–H and O–H groups in total. The second-order valence-corrected chi connectivity index (χ2v) is 6.96. The van der Waals surface area contributed by atoms with Crippen molar-refractivity contribution in [2.75, 3.05) is 0 Å². The molecule has 3 aromatic rings. The summed E-state index contributed by atoms with van der Waals surface area (Å²) < 4.78 is 1.90. The highest BCUT2D eigenvalue weighted by Crippen LogP contribution is 2.30. The van der Waals surface area contributed by atoms with Crippen molar-refractivity contribution in [3.63, 3.8) is 0 Å². The number of rotatable bonds is 6. The molecule has 0 bridgehead atoms. The number of hydrogen-bond acceptors (Lipinski definition) is 3. The Morgan fingerprint density at radius 3 is 2.52 bits per heavy atom. The maximum absolute atomic E-state index is 6.13. The highest BCUT2D eigenvalue weighted by molar-refractivity contribution is 6.30. The van der Waals surface area contributed by atoms with Crippen LogP contribution in [0.2, 0.25) is 5.02 Å². The summed E-state index contributed by atoms with van der Waals surface area (Å²) in [7, 11) is 0. The molecule has 0 atom stereocenters. The lowest BCUT2D eigenvalue weighted by atomic mass is 10.1. The van der Waals surface area contributed by atoms with E-state index in [-0.39, 0.29) is 5.92 Å². The van der Waals surface area contributed by atoms with E-state index in [2.05, 4.69) is 48.1 Å². The van der Waals surface area contributed by atoms with E-state index >= 15 is 0 Å². The first-order chi connectivity index (χ1) is 12.1. The van der Waals surface area contributed by atoms with Gasteiger partial charge in [-0.2, -0.15) is 0 Å². The Kier molecular flexibility index (Phi) is 5.49. The minimum atomic E-state index is 0.254. The normalized spacial score (nSPS) is 11.9. The second kappa shape index (κ2) is 7.79. The standard InChI is InChI=1S/C20H23ClN4/c1-4-5-6-15-7-10-17(11-8-15)23-24-20-19(14(2)3)22-18-12-9-16(21)13-25(18)20/h7-14H,4-6H2,1-3H3. The van der Waals surface area contributed by atoms with E-state index in [0.29, 0.717) is 5.02 Å². The lowest BCUT2D eigenvalue weighted by molar-refractivity contribution is 0.795. The van der Waals surface area contributed by atoms with Gasteiger partial charge in [0.1, 0.15) is 5.65 Å². The average Bonchev–Trinajstić information content (AvgIpc) is 2.97. The number of hydrogen-bond donors (Lipinski definition) is 0. The molecular weight excluding hydrogens is 332 g/mol. The highest BCUT2D eigenvalue weighted by atomic mass is 35.5. The third kappa shape index (κ3) is 4.07. The van der Waals surface area contributed by atoms with Crippen LogP contribution < -0.4 is 0 Å². The largest absolute Gasteiger partial charge is 0.281 e. The van der Waals surface area contributed by atoms with E-state index in [1.807, 2.05) is 34.9 Å². The molecule has 0 fully saturated rings. The number of aryl methyl sites for hydroxylation is 1. The minimum absolute atomic E-state index is 0.254. The maximum Gasteiger partial charge on any atom is 0.183 e. The van der Waals surface area contributed by atoms with Crippen LogP contribution in [0.1, 0.15) is 50.8 Å². The number of azo groups is 1. The molecule has 0 saturated carbocycles. The van der Waals surface area contributed by atoms with Crippen molar-refractivity contribution in [2.45, 2.75) is 46.0 Å². The van der Waals surface area contributed by atoms with Gasteiger partial charge in [0.05, 0.1) is 16.4 Å². The van der Waals surface area contributed by atoms with Gasteiger partial charge in [0, 0.05) is 6.20 Å². The Labute approximate surface area is 153 Å². The zero-order valence-electron chi connectivity index (χ0n) is 14.9. The molecule has 0 amide bonds. The molecule has 130 valence electrons.